The average molecular weight is 172 g/mol. The molecule has 0 rings (SSSR count). The zero-order valence-electron chi connectivity index (χ0n) is 3.83. The van der Waals surface area contributed by atoms with Gasteiger partial charge in [0, 0.05) is 5.75 Å². The minimum absolute atomic E-state index is 0.987. The third kappa shape index (κ3) is 7.40. The van der Waals surface area contributed by atoms with Crippen LogP contribution in [0.4, 0.5) is 0 Å². The van der Waals surface area contributed by atoms with Crippen LogP contribution in [0.3, 0.4) is 0 Å². The molecule has 0 atom stereocenters. The van der Waals surface area contributed by atoms with E-state index in [1.54, 1.807) is 10.8 Å². The molecule has 0 unspecified atom stereocenters. The summed E-state index contributed by atoms with van der Waals surface area (Å²) in [6, 6.07) is 0. The third-order valence-corrected chi connectivity index (χ3v) is 3.08. The van der Waals surface area contributed by atoms with Crippen molar-refractivity contribution < 1.29 is 0 Å². The molecule has 0 aromatic carbocycles. The summed E-state index contributed by atoms with van der Waals surface area (Å²) >= 11 is 7.99. The molecule has 0 radical (unpaired) electrons. The first-order chi connectivity index (χ1) is 3.41. The molecule has 0 aromatic rings. The minimum atomic E-state index is 0.987. The maximum absolute atomic E-state index is 4.05. The molecule has 44 valence electrons. The fraction of sp³-hybridized carbons (Fsp3) is 1.00. The fourth-order valence-corrected chi connectivity index (χ4v) is 2.12. The van der Waals surface area contributed by atoms with E-state index in [0.717, 1.165) is 11.5 Å². The molecule has 0 aliphatic heterocycles. The summed E-state index contributed by atoms with van der Waals surface area (Å²) < 4.78 is 0. The van der Waals surface area contributed by atoms with Gasteiger partial charge in [-0.15, -0.1) is 0 Å². The molecule has 0 aliphatic rings. The van der Waals surface area contributed by atoms with Gasteiger partial charge < -0.3 is 0 Å². The Hall–Kier alpha value is 1.40. The Labute approximate surface area is 62.8 Å². The predicted octanol–water partition coefficient (Wildman–Crippen LogP) is 2.53. The second-order valence-corrected chi connectivity index (χ2v) is 4.71. The smallest absolute Gasteiger partial charge is 0.00528 e. The van der Waals surface area contributed by atoms with E-state index in [2.05, 4.69) is 24.3 Å². The highest BCUT2D eigenvalue weighted by Crippen LogP contribution is 2.24. The second kappa shape index (κ2) is 7.40. The highest BCUT2D eigenvalue weighted by Gasteiger charge is 1.81. The summed E-state index contributed by atoms with van der Waals surface area (Å²) in [5.41, 5.74) is 0. The van der Waals surface area contributed by atoms with E-state index < -0.39 is 0 Å². The Bertz CT molecular complexity index is 26.1. The first-order valence-electron chi connectivity index (χ1n) is 1.95. The highest BCUT2D eigenvalue weighted by molar-refractivity contribution is 9.05. The van der Waals surface area contributed by atoms with Crippen LogP contribution in [0, 0.1) is 0 Å². The van der Waals surface area contributed by atoms with Crippen molar-refractivity contribution in [3.05, 3.63) is 0 Å². The van der Waals surface area contributed by atoms with Crippen LogP contribution < -0.4 is 0 Å². The summed E-state index contributed by atoms with van der Waals surface area (Å²) in [6.45, 7) is 0. The Morgan fingerprint density at radius 3 is 2.57 bits per heavy atom. The van der Waals surface area contributed by atoms with Crippen molar-refractivity contribution in [1.82, 2.24) is 0 Å². The molecule has 0 N–H and O–H groups in total. The lowest BCUT2D eigenvalue weighted by Crippen LogP contribution is -1.74. The van der Waals surface area contributed by atoms with Crippen molar-refractivity contribution in [2.45, 2.75) is 6.42 Å². The molecular weight excluding hydrogens is 164 g/mol. The van der Waals surface area contributed by atoms with E-state index in [1.165, 1.54) is 16.2 Å². The van der Waals surface area contributed by atoms with E-state index in [-0.39, 0.29) is 0 Å². The van der Waals surface area contributed by atoms with Crippen molar-refractivity contribution >= 4 is 44.9 Å². The summed E-state index contributed by atoms with van der Waals surface area (Å²) in [7, 11) is 3.28. The van der Waals surface area contributed by atoms with Crippen LogP contribution in [0.25, 0.3) is 0 Å². The number of hydrogen-bond donors (Lipinski definition) is 2. The van der Waals surface area contributed by atoms with Crippen LogP contribution >= 0.6 is 44.9 Å². The van der Waals surface area contributed by atoms with Crippen LogP contribution in [0.2, 0.25) is 0 Å². The summed E-state index contributed by atoms with van der Waals surface area (Å²) in [5.74, 6) is 2.15. The Morgan fingerprint density at radius 1 is 1.43 bits per heavy atom. The molecule has 0 bridgehead atoms. The van der Waals surface area contributed by atoms with Crippen LogP contribution in [0.1, 0.15) is 6.42 Å². The summed E-state index contributed by atoms with van der Waals surface area (Å²) in [4.78, 5) is 0. The van der Waals surface area contributed by atoms with Gasteiger partial charge in [0.25, 0.3) is 0 Å². The third-order valence-electron chi connectivity index (χ3n) is 0.438. The molecule has 0 amide bonds. The summed E-state index contributed by atoms with van der Waals surface area (Å²) in [6.07, 6.45) is 1.18. The van der Waals surface area contributed by atoms with Crippen LogP contribution in [-0.2, 0) is 0 Å². The molecule has 0 saturated carbocycles. The molecule has 0 saturated heterocycles. The molecule has 0 spiro atoms. The second-order valence-electron chi connectivity index (χ2n) is 0.974. The van der Waals surface area contributed by atoms with Gasteiger partial charge in [0.1, 0.15) is 0 Å². The van der Waals surface area contributed by atoms with E-state index in [1.807, 2.05) is 0 Å². The first-order valence-corrected chi connectivity index (χ1v) is 5.96. The van der Waals surface area contributed by atoms with Gasteiger partial charge in [0.2, 0.25) is 0 Å². The number of hydrogen-bond acceptors (Lipinski definition) is 4. The van der Waals surface area contributed by atoms with Crippen molar-refractivity contribution in [1.29, 1.82) is 0 Å². The monoisotopic (exact) mass is 172 g/mol. The van der Waals surface area contributed by atoms with Gasteiger partial charge in [-0.3, -0.25) is 0 Å². The lowest BCUT2D eigenvalue weighted by Gasteiger charge is -1.89. The Balaban J connectivity index is 2.45. The normalized spacial score (nSPS) is 9.43. The zero-order chi connectivity index (χ0) is 5.54. The highest BCUT2D eigenvalue weighted by atomic mass is 33.5. The van der Waals surface area contributed by atoms with Gasteiger partial charge in [-0.2, -0.15) is 12.6 Å². The van der Waals surface area contributed by atoms with Gasteiger partial charge in [0.15, 0.2) is 0 Å². The maximum atomic E-state index is 4.05. The molecular formula is C3H8S4. The Morgan fingerprint density at radius 2 is 2.14 bits per heavy atom. The van der Waals surface area contributed by atoms with Gasteiger partial charge >= 0.3 is 0 Å². The van der Waals surface area contributed by atoms with E-state index in [0.29, 0.717) is 0 Å². The van der Waals surface area contributed by atoms with Crippen LogP contribution in [-0.4, -0.2) is 11.5 Å². The van der Waals surface area contributed by atoms with Gasteiger partial charge in [-0.05, 0) is 22.0 Å². The lowest BCUT2D eigenvalue weighted by atomic mass is 10.6. The zero-order valence-corrected chi connectivity index (χ0v) is 7.25. The number of thiol groups is 2. The number of rotatable bonds is 4. The van der Waals surface area contributed by atoms with Crippen molar-refractivity contribution in [3.63, 3.8) is 0 Å². The molecule has 0 aromatic heterocycles. The first kappa shape index (κ1) is 8.40. The molecule has 0 heterocycles. The predicted molar refractivity (Wildman–Crippen MR) is 47.5 cm³/mol. The van der Waals surface area contributed by atoms with Gasteiger partial charge in [0.05, 0.1) is 0 Å². The standard InChI is InChI=1S/C3H8S4/c4-2-1-3-6-7-5/h4-5H,1-3H2. The molecule has 4 heteroatoms. The molecule has 7 heavy (non-hydrogen) atoms. The van der Waals surface area contributed by atoms with Crippen LogP contribution in [0.5, 0.6) is 0 Å². The largest absolute Gasteiger partial charge is 0.179 e. The molecule has 0 fully saturated rings. The minimum Gasteiger partial charge on any atom is -0.179 e. The summed E-state index contributed by atoms with van der Waals surface area (Å²) in [5, 5.41) is 0. The van der Waals surface area contributed by atoms with Crippen molar-refractivity contribution in [2.75, 3.05) is 11.5 Å². The van der Waals surface area contributed by atoms with Crippen LogP contribution in [0.15, 0.2) is 0 Å². The quantitative estimate of drug-likeness (QED) is 0.380. The van der Waals surface area contributed by atoms with Gasteiger partial charge in [-0.25, -0.2) is 0 Å². The van der Waals surface area contributed by atoms with Gasteiger partial charge in [-0.1, -0.05) is 22.5 Å². The van der Waals surface area contributed by atoms with Crippen molar-refractivity contribution in [3.8, 4) is 0 Å². The molecule has 0 aliphatic carbocycles. The van der Waals surface area contributed by atoms with E-state index in [9.17, 15) is 0 Å². The maximum Gasteiger partial charge on any atom is 0.00528 e. The average Bonchev–Trinajstić information content (AvgIpc) is 1.69. The SMILES string of the molecule is SCCCSSS. The fourth-order valence-electron chi connectivity index (χ4n) is 0.161. The van der Waals surface area contributed by atoms with E-state index >= 15 is 0 Å². The van der Waals surface area contributed by atoms with Crippen molar-refractivity contribution in [2.24, 2.45) is 0 Å². The van der Waals surface area contributed by atoms with E-state index in [4.69, 9.17) is 0 Å². The Kier molecular flexibility index (Phi) is 8.88. The lowest BCUT2D eigenvalue weighted by molar-refractivity contribution is 1.14. The topological polar surface area (TPSA) is 0 Å². The molecule has 0 nitrogen and oxygen atoms in total.